The molecule has 7 heteroatoms. The van der Waals surface area contributed by atoms with Crippen molar-refractivity contribution in [2.45, 2.75) is 31.9 Å². The normalized spacial score (nSPS) is 12.1. The summed E-state index contributed by atoms with van der Waals surface area (Å²) in [6.07, 6.45) is -3.43. The Morgan fingerprint density at radius 1 is 1.04 bits per heavy atom. The van der Waals surface area contributed by atoms with E-state index < -0.39 is 12.6 Å². The highest BCUT2D eigenvalue weighted by atomic mass is 19.4. The van der Waals surface area contributed by atoms with Crippen molar-refractivity contribution >= 4 is 5.96 Å². The van der Waals surface area contributed by atoms with Gasteiger partial charge in [0.05, 0.1) is 6.61 Å². The number of alkyl halides is 3. The topological polar surface area (TPSA) is 45.7 Å². The van der Waals surface area contributed by atoms with Crippen LogP contribution in [-0.4, -0.2) is 38.9 Å². The Hall–Kier alpha value is -1.92. The molecule has 0 aliphatic rings. The number of hydrogen-bond donors (Lipinski definition) is 2. The first-order chi connectivity index (χ1) is 11.0. The maximum Gasteiger partial charge on any atom is 0.389 e. The maximum absolute atomic E-state index is 12.0. The van der Waals surface area contributed by atoms with Crippen LogP contribution in [0.5, 0.6) is 5.75 Å². The van der Waals surface area contributed by atoms with Gasteiger partial charge in [-0.2, -0.15) is 13.2 Å². The van der Waals surface area contributed by atoms with Crippen molar-refractivity contribution in [2.75, 3.05) is 26.7 Å². The molecular weight excluding hydrogens is 307 g/mol. The maximum atomic E-state index is 12.0. The fourth-order valence-electron chi connectivity index (χ4n) is 1.86. The summed E-state index contributed by atoms with van der Waals surface area (Å²) in [4.78, 5) is 4.02. The number of guanidine groups is 1. The number of hydrogen-bond acceptors (Lipinski definition) is 2. The molecule has 0 saturated carbocycles. The Labute approximate surface area is 135 Å². The van der Waals surface area contributed by atoms with Crippen LogP contribution in [0.4, 0.5) is 13.2 Å². The standard InChI is InChI=1S/C16H24F3N3O/c1-20-15(21-11-6-5-10-16(17,18)19)22-12-7-13-23-14-8-3-2-4-9-14/h2-4,8-9H,5-7,10-13H2,1H3,(H2,20,21,22). The van der Waals surface area contributed by atoms with Crippen molar-refractivity contribution in [3.63, 3.8) is 0 Å². The van der Waals surface area contributed by atoms with Crippen LogP contribution >= 0.6 is 0 Å². The lowest BCUT2D eigenvalue weighted by Gasteiger charge is -2.12. The number of nitrogens with zero attached hydrogens (tertiary/aromatic N) is 1. The molecule has 0 radical (unpaired) electrons. The van der Waals surface area contributed by atoms with Crippen LogP contribution in [-0.2, 0) is 0 Å². The van der Waals surface area contributed by atoms with E-state index in [1.165, 1.54) is 0 Å². The number of para-hydroxylation sites is 1. The minimum Gasteiger partial charge on any atom is -0.494 e. The van der Waals surface area contributed by atoms with E-state index in [9.17, 15) is 13.2 Å². The van der Waals surface area contributed by atoms with E-state index in [-0.39, 0.29) is 6.42 Å². The first kappa shape index (κ1) is 19.1. The quantitative estimate of drug-likeness (QED) is 0.414. The highest BCUT2D eigenvalue weighted by Gasteiger charge is 2.25. The molecule has 1 aromatic rings. The highest BCUT2D eigenvalue weighted by Crippen LogP contribution is 2.21. The van der Waals surface area contributed by atoms with Crippen molar-refractivity contribution < 1.29 is 17.9 Å². The van der Waals surface area contributed by atoms with Crippen molar-refractivity contribution in [1.29, 1.82) is 0 Å². The van der Waals surface area contributed by atoms with Crippen LogP contribution < -0.4 is 15.4 Å². The second kappa shape index (κ2) is 10.7. The van der Waals surface area contributed by atoms with E-state index >= 15 is 0 Å². The Kier molecular flexibility index (Phi) is 8.94. The zero-order chi connectivity index (χ0) is 17.0. The zero-order valence-corrected chi connectivity index (χ0v) is 13.3. The molecule has 0 fully saturated rings. The van der Waals surface area contributed by atoms with Gasteiger partial charge in [0, 0.05) is 26.6 Å². The van der Waals surface area contributed by atoms with E-state index in [0.29, 0.717) is 32.1 Å². The summed E-state index contributed by atoms with van der Waals surface area (Å²) in [5, 5.41) is 6.09. The molecule has 1 aromatic carbocycles. The minimum atomic E-state index is -4.07. The predicted molar refractivity (Wildman–Crippen MR) is 85.8 cm³/mol. The van der Waals surface area contributed by atoms with Crippen LogP contribution in [0.2, 0.25) is 0 Å². The molecule has 4 nitrogen and oxygen atoms in total. The van der Waals surface area contributed by atoms with Crippen LogP contribution in [0.15, 0.2) is 35.3 Å². The minimum absolute atomic E-state index is 0.123. The Balaban J connectivity index is 2.03. The monoisotopic (exact) mass is 331 g/mol. The molecule has 0 amide bonds. The number of halogens is 3. The van der Waals surface area contributed by atoms with Gasteiger partial charge in [0.1, 0.15) is 5.75 Å². The SMILES string of the molecule is CN=C(NCCCCC(F)(F)F)NCCCOc1ccccc1. The summed E-state index contributed by atoms with van der Waals surface area (Å²) in [6, 6.07) is 9.55. The van der Waals surface area contributed by atoms with E-state index in [2.05, 4.69) is 15.6 Å². The summed E-state index contributed by atoms with van der Waals surface area (Å²) < 4.78 is 41.6. The van der Waals surface area contributed by atoms with Gasteiger partial charge in [-0.25, -0.2) is 0 Å². The van der Waals surface area contributed by atoms with Gasteiger partial charge in [-0.1, -0.05) is 18.2 Å². The molecule has 0 bridgehead atoms. The Morgan fingerprint density at radius 2 is 1.70 bits per heavy atom. The molecule has 130 valence electrons. The lowest BCUT2D eigenvalue weighted by atomic mass is 10.2. The third-order valence-corrected chi connectivity index (χ3v) is 3.03. The largest absolute Gasteiger partial charge is 0.494 e. The second-order valence-corrected chi connectivity index (χ2v) is 5.01. The van der Waals surface area contributed by atoms with E-state index in [1.807, 2.05) is 30.3 Å². The van der Waals surface area contributed by atoms with Crippen LogP contribution in [0, 0.1) is 0 Å². The molecule has 23 heavy (non-hydrogen) atoms. The average Bonchev–Trinajstić information content (AvgIpc) is 2.52. The van der Waals surface area contributed by atoms with Gasteiger partial charge in [0.15, 0.2) is 5.96 Å². The number of nitrogens with one attached hydrogen (secondary N) is 2. The van der Waals surface area contributed by atoms with E-state index in [1.54, 1.807) is 7.05 Å². The Bertz CT molecular complexity index is 450. The molecule has 1 rings (SSSR count). The van der Waals surface area contributed by atoms with Crippen LogP contribution in [0.25, 0.3) is 0 Å². The van der Waals surface area contributed by atoms with Crippen molar-refractivity contribution in [1.82, 2.24) is 10.6 Å². The molecule has 2 N–H and O–H groups in total. The van der Waals surface area contributed by atoms with Gasteiger partial charge < -0.3 is 15.4 Å². The molecule has 0 saturated heterocycles. The van der Waals surface area contributed by atoms with Crippen LogP contribution in [0.3, 0.4) is 0 Å². The van der Waals surface area contributed by atoms with Crippen LogP contribution in [0.1, 0.15) is 25.7 Å². The number of benzene rings is 1. The van der Waals surface area contributed by atoms with Gasteiger partial charge in [-0.3, -0.25) is 4.99 Å². The number of unbranched alkanes of at least 4 members (excludes halogenated alkanes) is 1. The van der Waals surface area contributed by atoms with Crippen molar-refractivity contribution in [3.05, 3.63) is 30.3 Å². The lowest BCUT2D eigenvalue weighted by Crippen LogP contribution is -2.38. The van der Waals surface area contributed by atoms with Gasteiger partial charge in [-0.05, 0) is 31.4 Å². The molecule has 0 heterocycles. The van der Waals surface area contributed by atoms with Gasteiger partial charge >= 0.3 is 6.18 Å². The number of aliphatic imine (C=N–C) groups is 1. The third kappa shape index (κ3) is 10.4. The van der Waals surface area contributed by atoms with Gasteiger partial charge in [-0.15, -0.1) is 0 Å². The van der Waals surface area contributed by atoms with E-state index in [4.69, 9.17) is 4.74 Å². The average molecular weight is 331 g/mol. The molecular formula is C16H24F3N3O. The third-order valence-electron chi connectivity index (χ3n) is 3.03. The lowest BCUT2D eigenvalue weighted by molar-refractivity contribution is -0.135. The fraction of sp³-hybridized carbons (Fsp3) is 0.562. The van der Waals surface area contributed by atoms with Gasteiger partial charge in [0.25, 0.3) is 0 Å². The molecule has 0 unspecified atom stereocenters. The summed E-state index contributed by atoms with van der Waals surface area (Å²) in [7, 11) is 1.63. The number of rotatable bonds is 9. The van der Waals surface area contributed by atoms with E-state index in [0.717, 1.165) is 12.2 Å². The predicted octanol–water partition coefficient (Wildman–Crippen LogP) is 3.35. The first-order valence-corrected chi connectivity index (χ1v) is 7.70. The number of ether oxygens (including phenoxy) is 1. The highest BCUT2D eigenvalue weighted by molar-refractivity contribution is 5.79. The fourth-order valence-corrected chi connectivity index (χ4v) is 1.86. The molecule has 0 aliphatic heterocycles. The summed E-state index contributed by atoms with van der Waals surface area (Å²) in [5.41, 5.74) is 0. The van der Waals surface area contributed by atoms with Crippen molar-refractivity contribution in [2.24, 2.45) is 4.99 Å². The summed E-state index contributed by atoms with van der Waals surface area (Å²) >= 11 is 0. The second-order valence-electron chi connectivity index (χ2n) is 5.01. The summed E-state index contributed by atoms with van der Waals surface area (Å²) in [6.45, 7) is 1.73. The van der Waals surface area contributed by atoms with Crippen molar-refractivity contribution in [3.8, 4) is 5.75 Å². The van der Waals surface area contributed by atoms with Gasteiger partial charge in [0.2, 0.25) is 0 Å². The molecule has 0 spiro atoms. The zero-order valence-electron chi connectivity index (χ0n) is 13.3. The molecule has 0 aromatic heterocycles. The molecule has 0 aliphatic carbocycles. The summed E-state index contributed by atoms with van der Waals surface area (Å²) in [5.74, 6) is 1.43. The molecule has 0 atom stereocenters. The smallest absolute Gasteiger partial charge is 0.389 e. The Morgan fingerprint density at radius 3 is 2.30 bits per heavy atom. The first-order valence-electron chi connectivity index (χ1n) is 7.70.